The van der Waals surface area contributed by atoms with Gasteiger partial charge < -0.3 is 10.1 Å². The van der Waals surface area contributed by atoms with Crippen molar-refractivity contribution in [1.82, 2.24) is 19.9 Å². The van der Waals surface area contributed by atoms with Gasteiger partial charge in [-0.3, -0.25) is 9.88 Å². The first-order chi connectivity index (χ1) is 17.1. The molecule has 1 atom stereocenters. The van der Waals surface area contributed by atoms with Crippen LogP contribution in [0.3, 0.4) is 0 Å². The lowest BCUT2D eigenvalue weighted by atomic mass is 10.1. The molecule has 1 aliphatic rings. The molecule has 3 aromatic heterocycles. The summed E-state index contributed by atoms with van der Waals surface area (Å²) in [6.07, 6.45) is 6.93. The van der Waals surface area contributed by atoms with Crippen LogP contribution in [-0.2, 0) is 6.54 Å². The normalized spacial score (nSPS) is 16.5. The number of hydrogen-bond donors (Lipinski definition) is 1. The number of nitriles is 1. The molecule has 0 bridgehead atoms. The minimum absolute atomic E-state index is 0.305. The number of aromatic nitrogens is 3. The van der Waals surface area contributed by atoms with Gasteiger partial charge in [-0.25, -0.2) is 4.98 Å². The molecule has 0 aliphatic carbocycles. The second kappa shape index (κ2) is 10.4. The highest BCUT2D eigenvalue weighted by Gasteiger charge is 2.20. The molecule has 4 heterocycles. The number of rotatable bonds is 6. The quantitative estimate of drug-likeness (QED) is 0.368. The molecule has 0 amide bonds. The van der Waals surface area contributed by atoms with Crippen molar-refractivity contribution in [2.24, 2.45) is 0 Å². The third-order valence-corrected chi connectivity index (χ3v) is 7.26. The van der Waals surface area contributed by atoms with Crippen LogP contribution < -0.4 is 10.1 Å². The fourth-order valence-electron chi connectivity index (χ4n) is 4.63. The summed E-state index contributed by atoms with van der Waals surface area (Å²) in [5, 5.41) is 14.9. The Labute approximate surface area is 209 Å². The molecule has 1 saturated heterocycles. The molecule has 1 fully saturated rings. The second-order valence-corrected chi connectivity index (χ2v) is 9.96. The lowest BCUT2D eigenvalue weighted by Crippen LogP contribution is -2.26. The maximum atomic E-state index is 9.26. The average Bonchev–Trinajstić information content (AvgIpc) is 3.23. The number of anilines is 1. The molecule has 7 nitrogen and oxygen atoms in total. The number of fused-ring (bicyclic) bond motifs is 1. The average molecular weight is 485 g/mol. The number of nitrogens with one attached hydrogen (secondary N) is 1. The highest BCUT2D eigenvalue weighted by molar-refractivity contribution is 7.17. The first-order valence-corrected chi connectivity index (χ1v) is 12.8. The Morgan fingerprint density at radius 1 is 1.11 bits per heavy atom. The molecule has 0 saturated carbocycles. The minimum Gasteiger partial charge on any atom is -0.437 e. The molecule has 0 spiro atoms. The minimum atomic E-state index is 0.305. The van der Waals surface area contributed by atoms with E-state index in [4.69, 9.17) is 14.7 Å². The van der Waals surface area contributed by atoms with Crippen molar-refractivity contribution in [2.75, 3.05) is 18.4 Å². The van der Waals surface area contributed by atoms with E-state index in [1.165, 1.54) is 5.56 Å². The molecule has 1 aromatic carbocycles. The first kappa shape index (κ1) is 23.2. The predicted octanol–water partition coefficient (Wildman–Crippen LogP) is 5.83. The molecule has 4 aromatic rings. The van der Waals surface area contributed by atoms with Crippen LogP contribution in [0.25, 0.3) is 10.2 Å². The van der Waals surface area contributed by atoms with Crippen molar-refractivity contribution in [2.45, 2.75) is 45.7 Å². The molecular formula is C27H28N6OS. The van der Waals surface area contributed by atoms with Crippen LogP contribution >= 0.6 is 11.3 Å². The van der Waals surface area contributed by atoms with E-state index < -0.39 is 0 Å². The number of thiophene rings is 1. The fraction of sp³-hybridized carbons (Fsp3) is 0.333. The van der Waals surface area contributed by atoms with E-state index in [1.807, 2.05) is 49.8 Å². The van der Waals surface area contributed by atoms with Crippen LogP contribution in [0.1, 0.15) is 41.5 Å². The van der Waals surface area contributed by atoms with Crippen LogP contribution in [0.4, 0.5) is 5.95 Å². The summed E-state index contributed by atoms with van der Waals surface area (Å²) in [7, 11) is 0. The second-order valence-electron chi connectivity index (χ2n) is 9.04. The number of ether oxygens (including phenoxy) is 1. The fourth-order valence-corrected chi connectivity index (χ4v) is 5.39. The summed E-state index contributed by atoms with van der Waals surface area (Å²) in [4.78, 5) is 16.2. The maximum Gasteiger partial charge on any atom is 0.242 e. The van der Waals surface area contributed by atoms with Gasteiger partial charge in [-0.2, -0.15) is 10.2 Å². The van der Waals surface area contributed by atoms with Crippen molar-refractivity contribution < 1.29 is 4.74 Å². The van der Waals surface area contributed by atoms with Gasteiger partial charge in [0.25, 0.3) is 0 Å². The molecule has 0 radical (unpaired) electrons. The number of aryl methyl sites for hydroxylation is 2. The van der Waals surface area contributed by atoms with Gasteiger partial charge in [0.15, 0.2) is 0 Å². The predicted molar refractivity (Wildman–Crippen MR) is 139 cm³/mol. The zero-order chi connectivity index (χ0) is 24.2. The highest BCUT2D eigenvalue weighted by Crippen LogP contribution is 2.35. The topological polar surface area (TPSA) is 87.0 Å². The summed E-state index contributed by atoms with van der Waals surface area (Å²) in [6.45, 7) is 6.97. The Morgan fingerprint density at radius 2 is 1.91 bits per heavy atom. The van der Waals surface area contributed by atoms with Gasteiger partial charge in [0.05, 0.1) is 17.1 Å². The van der Waals surface area contributed by atoms with Gasteiger partial charge in [0.2, 0.25) is 11.8 Å². The number of nitrogens with zero attached hydrogens (tertiary/aromatic N) is 5. The molecule has 1 aliphatic heterocycles. The lowest BCUT2D eigenvalue weighted by molar-refractivity contribution is 0.276. The van der Waals surface area contributed by atoms with Gasteiger partial charge in [0, 0.05) is 31.5 Å². The SMILES string of the molecule is Cc1cc(C#N)cc(C)c1Oc1nc(NC2CCCN(Cc3ccncc3)CC2)nc2ccsc12. The van der Waals surface area contributed by atoms with Crippen molar-refractivity contribution in [3.8, 4) is 17.7 Å². The van der Waals surface area contributed by atoms with E-state index in [9.17, 15) is 5.26 Å². The number of hydrogen-bond acceptors (Lipinski definition) is 8. The van der Waals surface area contributed by atoms with Gasteiger partial charge in [-0.15, -0.1) is 11.3 Å². The zero-order valence-electron chi connectivity index (χ0n) is 20.0. The largest absolute Gasteiger partial charge is 0.437 e. The lowest BCUT2D eigenvalue weighted by Gasteiger charge is -2.20. The molecule has 8 heteroatoms. The number of pyridine rings is 1. The van der Waals surface area contributed by atoms with E-state index in [-0.39, 0.29) is 0 Å². The third-order valence-electron chi connectivity index (χ3n) is 6.37. The van der Waals surface area contributed by atoms with E-state index in [2.05, 4.69) is 33.4 Å². The van der Waals surface area contributed by atoms with Crippen LogP contribution in [0.15, 0.2) is 48.1 Å². The summed E-state index contributed by atoms with van der Waals surface area (Å²) in [6, 6.07) is 12.4. The van der Waals surface area contributed by atoms with Gasteiger partial charge in [0.1, 0.15) is 10.4 Å². The number of benzene rings is 1. The van der Waals surface area contributed by atoms with Gasteiger partial charge >= 0.3 is 0 Å². The summed E-state index contributed by atoms with van der Waals surface area (Å²) in [5.41, 5.74) is 4.63. The summed E-state index contributed by atoms with van der Waals surface area (Å²) in [5.74, 6) is 1.89. The molecule has 1 N–H and O–H groups in total. The smallest absolute Gasteiger partial charge is 0.242 e. The van der Waals surface area contributed by atoms with Crippen molar-refractivity contribution in [3.63, 3.8) is 0 Å². The van der Waals surface area contributed by atoms with Crippen molar-refractivity contribution >= 4 is 27.5 Å². The zero-order valence-corrected chi connectivity index (χ0v) is 20.8. The van der Waals surface area contributed by atoms with Crippen LogP contribution in [0.5, 0.6) is 11.6 Å². The van der Waals surface area contributed by atoms with Crippen molar-refractivity contribution in [1.29, 1.82) is 5.26 Å². The van der Waals surface area contributed by atoms with E-state index in [1.54, 1.807) is 11.3 Å². The molecule has 35 heavy (non-hydrogen) atoms. The Kier molecular flexibility index (Phi) is 6.89. The van der Waals surface area contributed by atoms with Crippen LogP contribution in [0.2, 0.25) is 0 Å². The molecule has 178 valence electrons. The van der Waals surface area contributed by atoms with Gasteiger partial charge in [-0.05, 0) is 92.1 Å². The third kappa shape index (κ3) is 5.42. The molecule has 5 rings (SSSR count). The maximum absolute atomic E-state index is 9.26. The monoisotopic (exact) mass is 484 g/mol. The molecule has 1 unspecified atom stereocenters. The van der Waals surface area contributed by atoms with Crippen LogP contribution in [0, 0.1) is 25.2 Å². The van der Waals surface area contributed by atoms with E-state index in [0.29, 0.717) is 23.4 Å². The Morgan fingerprint density at radius 3 is 2.69 bits per heavy atom. The Bertz CT molecular complexity index is 1340. The summed E-state index contributed by atoms with van der Waals surface area (Å²) < 4.78 is 7.27. The van der Waals surface area contributed by atoms with Crippen LogP contribution in [-0.4, -0.2) is 39.0 Å². The standard InChI is InChI=1S/C27H28N6OS/c1-18-14-21(16-28)15-19(2)24(18)34-26-25-23(8-13-35-25)31-27(32-26)30-22-4-3-11-33(12-7-22)17-20-5-9-29-10-6-20/h5-6,8-10,13-15,22H,3-4,7,11-12,17H2,1-2H3,(H,30,31,32). The van der Waals surface area contributed by atoms with E-state index in [0.717, 1.165) is 66.0 Å². The highest BCUT2D eigenvalue weighted by atomic mass is 32.1. The first-order valence-electron chi connectivity index (χ1n) is 11.9. The van der Waals surface area contributed by atoms with E-state index >= 15 is 0 Å². The van der Waals surface area contributed by atoms with Crippen molar-refractivity contribution in [3.05, 3.63) is 70.4 Å². The molecular weight excluding hydrogens is 456 g/mol. The summed E-state index contributed by atoms with van der Waals surface area (Å²) >= 11 is 1.57. The van der Waals surface area contributed by atoms with Gasteiger partial charge in [-0.1, -0.05) is 0 Å². The Hall–Kier alpha value is -3.54. The number of likely N-dealkylation sites (tertiary alicyclic amines) is 1. The Balaban J connectivity index is 1.32.